The maximum Gasteiger partial charge on any atom is 0.317 e. The Bertz CT molecular complexity index is 719. The molecule has 6 nitrogen and oxygen atoms in total. The van der Waals surface area contributed by atoms with Gasteiger partial charge in [-0.05, 0) is 37.8 Å². The van der Waals surface area contributed by atoms with Gasteiger partial charge in [0.15, 0.2) is 5.78 Å². The number of rotatable bonds is 6. The molecule has 4 atom stereocenters. The van der Waals surface area contributed by atoms with Crippen LogP contribution in [0, 0.1) is 11.8 Å². The topological polar surface area (TPSA) is 89.9 Å². The fraction of sp³-hybridized carbons (Fsp3) is 0.591. The van der Waals surface area contributed by atoms with Gasteiger partial charge in [0.05, 0.1) is 24.7 Å². The largest absolute Gasteiger partial charge is 0.466 e. The van der Waals surface area contributed by atoms with Gasteiger partial charge >= 0.3 is 11.9 Å². The first-order chi connectivity index (χ1) is 13.1. The molecule has 0 saturated heterocycles. The Hall–Kier alpha value is -2.21. The Labute approximate surface area is 166 Å². The van der Waals surface area contributed by atoms with Crippen molar-refractivity contribution in [2.24, 2.45) is 11.8 Å². The molecule has 0 radical (unpaired) electrons. The molecule has 0 aromatic heterocycles. The summed E-state index contributed by atoms with van der Waals surface area (Å²) in [6.45, 7) is 9.18. The Balaban J connectivity index is 2.59. The lowest BCUT2D eigenvalue weighted by Crippen LogP contribution is -2.55. The Kier molecular flexibility index (Phi) is 6.99. The van der Waals surface area contributed by atoms with Gasteiger partial charge < -0.3 is 14.6 Å². The minimum absolute atomic E-state index is 0.127. The van der Waals surface area contributed by atoms with E-state index in [4.69, 9.17) is 9.47 Å². The molecular formula is C22H30O6. The van der Waals surface area contributed by atoms with E-state index < -0.39 is 41.1 Å². The van der Waals surface area contributed by atoms with Crippen LogP contribution >= 0.6 is 0 Å². The molecule has 0 amide bonds. The van der Waals surface area contributed by atoms with Crippen molar-refractivity contribution in [1.82, 2.24) is 0 Å². The van der Waals surface area contributed by atoms with E-state index in [0.29, 0.717) is 11.5 Å². The maximum atomic E-state index is 12.8. The van der Waals surface area contributed by atoms with Gasteiger partial charge in [-0.3, -0.25) is 14.4 Å². The average molecular weight is 390 g/mol. The van der Waals surface area contributed by atoms with Crippen LogP contribution in [0.15, 0.2) is 24.3 Å². The predicted molar refractivity (Wildman–Crippen MR) is 104 cm³/mol. The smallest absolute Gasteiger partial charge is 0.317 e. The monoisotopic (exact) mass is 390 g/mol. The summed E-state index contributed by atoms with van der Waals surface area (Å²) in [6, 6.07) is 7.46. The molecule has 154 valence electrons. The van der Waals surface area contributed by atoms with Crippen LogP contribution in [0.3, 0.4) is 0 Å². The summed E-state index contributed by atoms with van der Waals surface area (Å²) in [7, 11) is 0. The summed E-state index contributed by atoms with van der Waals surface area (Å²) in [5.74, 6) is -4.46. The quantitative estimate of drug-likeness (QED) is 0.593. The number of carbonyl (C=O) groups excluding carboxylic acids is 3. The maximum absolute atomic E-state index is 12.8. The number of Topliss-reactive ketones (excluding diaryl/α,β-unsaturated/α-hetero) is 1. The van der Waals surface area contributed by atoms with E-state index in [1.54, 1.807) is 13.8 Å². The third-order valence-corrected chi connectivity index (χ3v) is 5.34. The lowest BCUT2D eigenvalue weighted by molar-refractivity contribution is -0.172. The Morgan fingerprint density at radius 3 is 2.14 bits per heavy atom. The molecule has 1 fully saturated rings. The van der Waals surface area contributed by atoms with Gasteiger partial charge in [0.25, 0.3) is 0 Å². The molecule has 6 heteroatoms. The number of esters is 2. The molecule has 0 bridgehead atoms. The van der Waals surface area contributed by atoms with Gasteiger partial charge in [-0.15, -0.1) is 0 Å². The number of ketones is 1. The number of ether oxygens (including phenoxy) is 2. The van der Waals surface area contributed by atoms with Crippen LogP contribution in [-0.4, -0.2) is 41.6 Å². The van der Waals surface area contributed by atoms with Crippen molar-refractivity contribution in [3.63, 3.8) is 0 Å². The van der Waals surface area contributed by atoms with Crippen LogP contribution in [0.2, 0.25) is 0 Å². The van der Waals surface area contributed by atoms with Crippen molar-refractivity contribution in [2.45, 2.75) is 58.5 Å². The zero-order valence-electron chi connectivity index (χ0n) is 17.2. The van der Waals surface area contributed by atoms with Crippen LogP contribution in [0.4, 0.5) is 0 Å². The van der Waals surface area contributed by atoms with Crippen molar-refractivity contribution in [3.05, 3.63) is 35.4 Å². The average Bonchev–Trinajstić information content (AvgIpc) is 2.60. The fourth-order valence-electron chi connectivity index (χ4n) is 3.98. The predicted octanol–water partition coefficient (Wildman–Crippen LogP) is 2.98. The highest BCUT2D eigenvalue weighted by molar-refractivity contribution is 6.02. The van der Waals surface area contributed by atoms with Gasteiger partial charge in [0.1, 0.15) is 5.92 Å². The zero-order chi connectivity index (χ0) is 21.1. The summed E-state index contributed by atoms with van der Waals surface area (Å²) in [6.07, 6.45) is -0.305. The van der Waals surface area contributed by atoms with Crippen LogP contribution in [0.5, 0.6) is 0 Å². The Morgan fingerprint density at radius 2 is 1.64 bits per heavy atom. The minimum atomic E-state index is -1.62. The van der Waals surface area contributed by atoms with Gasteiger partial charge in [-0.25, -0.2) is 0 Å². The zero-order valence-corrected chi connectivity index (χ0v) is 17.2. The molecular weight excluding hydrogens is 360 g/mol. The SMILES string of the molecule is CCOC(=O)[C@@H]1C(=O)C[C@](C)(O)[C@H](C(=O)OCC)[C@H]1c1ccc(C(C)C)cc1. The number of carbonyl (C=O) groups is 3. The molecule has 2 rings (SSSR count). The molecule has 0 unspecified atom stereocenters. The highest BCUT2D eigenvalue weighted by atomic mass is 16.5. The summed E-state index contributed by atoms with van der Waals surface area (Å²) < 4.78 is 10.3. The highest BCUT2D eigenvalue weighted by Crippen LogP contribution is 2.46. The Morgan fingerprint density at radius 1 is 1.11 bits per heavy atom. The molecule has 1 N–H and O–H groups in total. The summed E-state index contributed by atoms with van der Waals surface area (Å²) in [5.41, 5.74) is 0.111. The van der Waals surface area contributed by atoms with E-state index >= 15 is 0 Å². The second kappa shape index (κ2) is 8.86. The van der Waals surface area contributed by atoms with Crippen molar-refractivity contribution < 1.29 is 29.0 Å². The molecule has 1 aliphatic rings. The fourth-order valence-corrected chi connectivity index (χ4v) is 3.98. The molecule has 1 saturated carbocycles. The van der Waals surface area contributed by atoms with Crippen LogP contribution in [0.25, 0.3) is 0 Å². The number of hydrogen-bond acceptors (Lipinski definition) is 6. The van der Waals surface area contributed by atoms with E-state index in [1.165, 1.54) is 6.92 Å². The van der Waals surface area contributed by atoms with Crippen molar-refractivity contribution >= 4 is 17.7 Å². The highest BCUT2D eigenvalue weighted by Gasteiger charge is 2.57. The first-order valence-electron chi connectivity index (χ1n) is 9.82. The lowest BCUT2D eigenvalue weighted by Gasteiger charge is -2.43. The van der Waals surface area contributed by atoms with Crippen molar-refractivity contribution in [3.8, 4) is 0 Å². The van der Waals surface area contributed by atoms with Gasteiger partial charge in [0.2, 0.25) is 0 Å². The summed E-state index contributed by atoms with van der Waals surface area (Å²) >= 11 is 0. The van der Waals surface area contributed by atoms with Crippen molar-refractivity contribution in [2.75, 3.05) is 13.2 Å². The summed E-state index contributed by atoms with van der Waals surface area (Å²) in [4.78, 5) is 38.2. The number of benzene rings is 1. The molecule has 28 heavy (non-hydrogen) atoms. The first kappa shape index (κ1) is 22.1. The molecule has 0 spiro atoms. The molecule has 1 aromatic rings. The van der Waals surface area contributed by atoms with E-state index in [-0.39, 0.29) is 19.6 Å². The molecule has 0 aliphatic heterocycles. The third-order valence-electron chi connectivity index (χ3n) is 5.34. The second-order valence-electron chi connectivity index (χ2n) is 7.81. The van der Waals surface area contributed by atoms with Gasteiger partial charge in [-0.1, -0.05) is 38.1 Å². The third kappa shape index (κ3) is 4.43. The molecule has 1 aromatic carbocycles. The standard InChI is InChI=1S/C22H30O6/c1-6-27-20(24)18-16(23)12-22(5,26)19(21(25)28-7-2)17(18)15-10-8-14(9-11-15)13(3)4/h8-11,13,17-19,26H,6-7,12H2,1-5H3/t17-,18+,19-,22-/m0/s1. The normalized spacial score (nSPS) is 27.5. The molecule has 1 aliphatic carbocycles. The summed E-state index contributed by atoms with van der Waals surface area (Å²) in [5, 5.41) is 10.9. The van der Waals surface area contributed by atoms with Crippen LogP contribution in [0.1, 0.15) is 64.0 Å². The second-order valence-corrected chi connectivity index (χ2v) is 7.81. The van der Waals surface area contributed by atoms with E-state index in [9.17, 15) is 19.5 Å². The number of aliphatic hydroxyl groups is 1. The van der Waals surface area contributed by atoms with Crippen LogP contribution in [-0.2, 0) is 23.9 Å². The van der Waals surface area contributed by atoms with E-state index in [0.717, 1.165) is 5.56 Å². The van der Waals surface area contributed by atoms with Crippen molar-refractivity contribution in [1.29, 1.82) is 0 Å². The van der Waals surface area contributed by atoms with Gasteiger partial charge in [0, 0.05) is 12.3 Å². The van der Waals surface area contributed by atoms with Crippen LogP contribution < -0.4 is 0 Å². The minimum Gasteiger partial charge on any atom is -0.466 e. The lowest BCUT2D eigenvalue weighted by atomic mass is 9.61. The first-order valence-corrected chi connectivity index (χ1v) is 9.82. The van der Waals surface area contributed by atoms with E-state index in [1.807, 2.05) is 24.3 Å². The number of hydrogen-bond donors (Lipinski definition) is 1. The van der Waals surface area contributed by atoms with E-state index in [2.05, 4.69) is 13.8 Å². The van der Waals surface area contributed by atoms with Gasteiger partial charge in [-0.2, -0.15) is 0 Å². The molecule has 0 heterocycles.